The molecule has 106 valence electrons. The average molecular weight is 267 g/mol. The third-order valence-electron chi connectivity index (χ3n) is 3.47. The van der Waals surface area contributed by atoms with E-state index < -0.39 is 5.60 Å². The van der Waals surface area contributed by atoms with Crippen molar-refractivity contribution in [2.75, 3.05) is 26.9 Å². The van der Waals surface area contributed by atoms with Crippen molar-refractivity contribution in [3.05, 3.63) is 27.9 Å². The van der Waals surface area contributed by atoms with Gasteiger partial charge in [0.05, 0.1) is 5.69 Å². The van der Waals surface area contributed by atoms with Crippen LogP contribution < -0.4 is 10.9 Å². The summed E-state index contributed by atoms with van der Waals surface area (Å²) in [5.74, 6) is 0.610. The second-order valence-electron chi connectivity index (χ2n) is 4.68. The number of methoxy groups -OCH3 is 1. The van der Waals surface area contributed by atoms with Gasteiger partial charge in [-0.2, -0.15) is 0 Å². The normalized spacial score (nSPS) is 18.4. The van der Waals surface area contributed by atoms with Crippen molar-refractivity contribution in [3.8, 4) is 0 Å². The SMILES string of the molecule is CCNCc1cc(=O)[nH]c(C2(OC)CCOCC2)n1. The van der Waals surface area contributed by atoms with Crippen molar-refractivity contribution < 1.29 is 9.47 Å². The Morgan fingerprint density at radius 2 is 2.26 bits per heavy atom. The predicted molar refractivity (Wildman–Crippen MR) is 71.0 cm³/mol. The highest BCUT2D eigenvalue weighted by atomic mass is 16.5. The van der Waals surface area contributed by atoms with Crippen LogP contribution in [0.25, 0.3) is 0 Å². The van der Waals surface area contributed by atoms with Gasteiger partial charge in [-0.3, -0.25) is 4.79 Å². The van der Waals surface area contributed by atoms with Crippen molar-refractivity contribution in [3.63, 3.8) is 0 Å². The summed E-state index contributed by atoms with van der Waals surface area (Å²) in [6.45, 7) is 4.68. The molecular formula is C13H21N3O3. The minimum Gasteiger partial charge on any atom is -0.381 e. The number of rotatable bonds is 5. The van der Waals surface area contributed by atoms with Gasteiger partial charge in [-0.1, -0.05) is 6.92 Å². The Balaban J connectivity index is 2.31. The maximum atomic E-state index is 11.8. The Hall–Kier alpha value is -1.24. The molecule has 0 atom stereocenters. The van der Waals surface area contributed by atoms with E-state index in [1.54, 1.807) is 7.11 Å². The number of aromatic nitrogens is 2. The van der Waals surface area contributed by atoms with Crippen LogP contribution in [0.1, 0.15) is 31.3 Å². The van der Waals surface area contributed by atoms with Crippen LogP contribution in [0.2, 0.25) is 0 Å². The molecule has 0 amide bonds. The van der Waals surface area contributed by atoms with E-state index in [0.717, 1.165) is 12.2 Å². The molecule has 1 aromatic rings. The number of nitrogens with one attached hydrogen (secondary N) is 2. The van der Waals surface area contributed by atoms with Gasteiger partial charge in [0.25, 0.3) is 5.56 Å². The lowest BCUT2D eigenvalue weighted by atomic mass is 9.93. The second-order valence-corrected chi connectivity index (χ2v) is 4.68. The molecule has 0 aliphatic carbocycles. The highest BCUT2D eigenvalue weighted by Gasteiger charge is 2.37. The first-order valence-corrected chi connectivity index (χ1v) is 6.64. The molecule has 1 saturated heterocycles. The highest BCUT2D eigenvalue weighted by Crippen LogP contribution is 2.32. The van der Waals surface area contributed by atoms with Crippen LogP contribution in [0.15, 0.2) is 10.9 Å². The number of hydrogen-bond donors (Lipinski definition) is 2. The van der Waals surface area contributed by atoms with Gasteiger partial charge >= 0.3 is 0 Å². The lowest BCUT2D eigenvalue weighted by molar-refractivity contribution is -0.100. The molecule has 1 aromatic heterocycles. The molecule has 1 fully saturated rings. The quantitative estimate of drug-likeness (QED) is 0.814. The molecule has 0 radical (unpaired) electrons. The zero-order chi connectivity index (χ0) is 13.7. The number of hydrogen-bond acceptors (Lipinski definition) is 5. The van der Waals surface area contributed by atoms with Gasteiger partial charge in [0.1, 0.15) is 11.4 Å². The molecule has 0 saturated carbocycles. The smallest absolute Gasteiger partial charge is 0.251 e. The topological polar surface area (TPSA) is 76.2 Å². The molecule has 2 heterocycles. The summed E-state index contributed by atoms with van der Waals surface area (Å²) in [4.78, 5) is 19.1. The second kappa shape index (κ2) is 6.27. The number of nitrogens with zero attached hydrogens (tertiary/aromatic N) is 1. The van der Waals surface area contributed by atoms with E-state index in [9.17, 15) is 4.79 Å². The van der Waals surface area contributed by atoms with Crippen LogP contribution in [0, 0.1) is 0 Å². The zero-order valence-electron chi connectivity index (χ0n) is 11.5. The van der Waals surface area contributed by atoms with E-state index >= 15 is 0 Å². The third kappa shape index (κ3) is 3.20. The Labute approximate surface area is 112 Å². The minimum absolute atomic E-state index is 0.138. The zero-order valence-corrected chi connectivity index (χ0v) is 11.5. The first-order valence-electron chi connectivity index (χ1n) is 6.64. The van der Waals surface area contributed by atoms with Crippen LogP contribution >= 0.6 is 0 Å². The Morgan fingerprint density at radius 1 is 1.53 bits per heavy atom. The Bertz CT molecular complexity index is 466. The van der Waals surface area contributed by atoms with E-state index in [4.69, 9.17) is 9.47 Å². The van der Waals surface area contributed by atoms with Crippen molar-refractivity contribution in [1.29, 1.82) is 0 Å². The molecule has 2 N–H and O–H groups in total. The van der Waals surface area contributed by atoms with Gasteiger partial charge < -0.3 is 19.8 Å². The van der Waals surface area contributed by atoms with Gasteiger partial charge in [0, 0.05) is 45.8 Å². The summed E-state index contributed by atoms with van der Waals surface area (Å²) in [5, 5.41) is 3.17. The fraction of sp³-hybridized carbons (Fsp3) is 0.692. The average Bonchev–Trinajstić information content (AvgIpc) is 2.45. The van der Waals surface area contributed by atoms with E-state index in [1.165, 1.54) is 6.07 Å². The van der Waals surface area contributed by atoms with Gasteiger partial charge in [-0.15, -0.1) is 0 Å². The van der Waals surface area contributed by atoms with E-state index in [0.29, 0.717) is 38.4 Å². The van der Waals surface area contributed by atoms with E-state index in [-0.39, 0.29) is 5.56 Å². The van der Waals surface area contributed by atoms with Crippen LogP contribution in [0.5, 0.6) is 0 Å². The summed E-state index contributed by atoms with van der Waals surface area (Å²) in [7, 11) is 1.66. The Kier molecular flexibility index (Phi) is 4.68. The molecule has 1 aliphatic rings. The largest absolute Gasteiger partial charge is 0.381 e. The number of H-pyrrole nitrogens is 1. The minimum atomic E-state index is -0.528. The lowest BCUT2D eigenvalue weighted by Gasteiger charge is -2.34. The molecule has 6 nitrogen and oxygen atoms in total. The Morgan fingerprint density at radius 3 is 2.89 bits per heavy atom. The first kappa shape index (κ1) is 14.2. The van der Waals surface area contributed by atoms with Gasteiger partial charge in [-0.05, 0) is 6.54 Å². The van der Waals surface area contributed by atoms with Crippen molar-refractivity contribution >= 4 is 0 Å². The summed E-state index contributed by atoms with van der Waals surface area (Å²) >= 11 is 0. The molecule has 0 spiro atoms. The number of aromatic amines is 1. The maximum absolute atomic E-state index is 11.8. The van der Waals surface area contributed by atoms with Crippen molar-refractivity contribution in [2.24, 2.45) is 0 Å². The first-order chi connectivity index (χ1) is 9.20. The molecule has 19 heavy (non-hydrogen) atoms. The summed E-state index contributed by atoms with van der Waals surface area (Å²) in [6, 6.07) is 1.52. The lowest BCUT2D eigenvalue weighted by Crippen LogP contribution is -2.39. The van der Waals surface area contributed by atoms with E-state index in [1.807, 2.05) is 6.92 Å². The molecular weight excluding hydrogens is 246 g/mol. The molecule has 2 rings (SSSR count). The molecule has 0 aromatic carbocycles. The maximum Gasteiger partial charge on any atom is 0.251 e. The van der Waals surface area contributed by atoms with Gasteiger partial charge in [-0.25, -0.2) is 4.98 Å². The van der Waals surface area contributed by atoms with Crippen LogP contribution in [-0.4, -0.2) is 36.8 Å². The summed E-state index contributed by atoms with van der Waals surface area (Å²) < 4.78 is 11.0. The van der Waals surface area contributed by atoms with Crippen molar-refractivity contribution in [1.82, 2.24) is 15.3 Å². The summed E-state index contributed by atoms with van der Waals surface area (Å²) in [5.41, 5.74) is 0.0731. The highest BCUT2D eigenvalue weighted by molar-refractivity contribution is 5.10. The fourth-order valence-electron chi connectivity index (χ4n) is 2.31. The van der Waals surface area contributed by atoms with Gasteiger partial charge in [0.2, 0.25) is 0 Å². The standard InChI is InChI=1S/C13H21N3O3/c1-3-14-9-10-8-11(17)16-12(15-10)13(18-2)4-6-19-7-5-13/h8,14H,3-7,9H2,1-2H3,(H,15,16,17). The molecule has 0 unspecified atom stereocenters. The third-order valence-corrected chi connectivity index (χ3v) is 3.47. The molecule has 1 aliphatic heterocycles. The van der Waals surface area contributed by atoms with E-state index in [2.05, 4.69) is 15.3 Å². The molecule has 0 bridgehead atoms. The fourth-order valence-corrected chi connectivity index (χ4v) is 2.31. The molecule has 6 heteroatoms. The van der Waals surface area contributed by atoms with Crippen LogP contribution in [-0.2, 0) is 21.6 Å². The number of ether oxygens (including phenoxy) is 2. The monoisotopic (exact) mass is 267 g/mol. The van der Waals surface area contributed by atoms with Crippen molar-refractivity contribution in [2.45, 2.75) is 31.9 Å². The van der Waals surface area contributed by atoms with Crippen LogP contribution in [0.4, 0.5) is 0 Å². The van der Waals surface area contributed by atoms with Crippen LogP contribution in [0.3, 0.4) is 0 Å². The van der Waals surface area contributed by atoms with Gasteiger partial charge in [0.15, 0.2) is 0 Å². The predicted octanol–water partition coefficient (Wildman–Crippen LogP) is 0.531. The summed E-state index contributed by atoms with van der Waals surface area (Å²) in [6.07, 6.45) is 1.41.